The standard InChI is InChI=1S/C21H26N2O/c1-22-14-11-17-12-15-23(16-13-17)21(24)20-9-7-19(8-10-20)18-5-3-2-4-6-18/h2-10,17,22H,11-16H2,1H3. The number of rotatable bonds is 5. The molecule has 1 fully saturated rings. The number of hydrogen-bond acceptors (Lipinski definition) is 2. The normalized spacial score (nSPS) is 15.5. The Kier molecular flexibility index (Phi) is 5.65. The second-order valence-corrected chi connectivity index (χ2v) is 6.57. The Bertz CT molecular complexity index is 643. The predicted octanol–water partition coefficient (Wildman–Crippen LogP) is 3.82. The Balaban J connectivity index is 1.60. The molecule has 0 spiro atoms. The lowest BCUT2D eigenvalue weighted by molar-refractivity contribution is 0.0687. The smallest absolute Gasteiger partial charge is 0.253 e. The van der Waals surface area contributed by atoms with E-state index in [1.54, 1.807) is 0 Å². The maximum Gasteiger partial charge on any atom is 0.253 e. The van der Waals surface area contributed by atoms with Gasteiger partial charge in [-0.1, -0.05) is 42.5 Å². The van der Waals surface area contributed by atoms with Crippen molar-refractivity contribution in [3.8, 4) is 11.1 Å². The van der Waals surface area contributed by atoms with E-state index in [-0.39, 0.29) is 5.91 Å². The molecule has 126 valence electrons. The van der Waals surface area contributed by atoms with Crippen LogP contribution in [0.3, 0.4) is 0 Å². The first-order valence-electron chi connectivity index (χ1n) is 8.87. The van der Waals surface area contributed by atoms with Gasteiger partial charge in [0, 0.05) is 18.7 Å². The van der Waals surface area contributed by atoms with Gasteiger partial charge in [0.25, 0.3) is 5.91 Å². The molecule has 0 saturated carbocycles. The molecule has 1 heterocycles. The second kappa shape index (κ2) is 8.11. The van der Waals surface area contributed by atoms with E-state index in [2.05, 4.69) is 17.4 Å². The van der Waals surface area contributed by atoms with Crippen LogP contribution in [0, 0.1) is 5.92 Å². The molecule has 1 aliphatic heterocycles. The average molecular weight is 322 g/mol. The zero-order chi connectivity index (χ0) is 16.8. The first kappa shape index (κ1) is 16.7. The fraction of sp³-hybridized carbons (Fsp3) is 0.381. The molecule has 2 aromatic carbocycles. The monoisotopic (exact) mass is 322 g/mol. The van der Waals surface area contributed by atoms with Crippen molar-refractivity contribution in [3.05, 3.63) is 60.2 Å². The van der Waals surface area contributed by atoms with Crippen molar-refractivity contribution in [2.45, 2.75) is 19.3 Å². The summed E-state index contributed by atoms with van der Waals surface area (Å²) in [5, 5.41) is 3.21. The molecule has 1 amide bonds. The number of carbonyl (C=O) groups excluding carboxylic acids is 1. The van der Waals surface area contributed by atoms with Gasteiger partial charge in [0.15, 0.2) is 0 Å². The van der Waals surface area contributed by atoms with Crippen molar-refractivity contribution < 1.29 is 4.79 Å². The Morgan fingerprint density at radius 2 is 1.62 bits per heavy atom. The van der Waals surface area contributed by atoms with E-state index in [1.165, 1.54) is 12.0 Å². The molecule has 3 nitrogen and oxygen atoms in total. The van der Waals surface area contributed by atoms with Gasteiger partial charge in [0.05, 0.1) is 0 Å². The number of benzene rings is 2. The van der Waals surface area contributed by atoms with E-state index in [0.29, 0.717) is 0 Å². The average Bonchev–Trinajstić information content (AvgIpc) is 2.67. The highest BCUT2D eigenvalue weighted by molar-refractivity contribution is 5.94. The molecule has 1 N–H and O–H groups in total. The van der Waals surface area contributed by atoms with E-state index in [4.69, 9.17) is 0 Å². The number of piperidine rings is 1. The van der Waals surface area contributed by atoms with E-state index < -0.39 is 0 Å². The Hall–Kier alpha value is -2.13. The predicted molar refractivity (Wildman–Crippen MR) is 99.0 cm³/mol. The molecule has 24 heavy (non-hydrogen) atoms. The molecule has 3 rings (SSSR count). The lowest BCUT2D eigenvalue weighted by Crippen LogP contribution is -2.38. The molecule has 1 aliphatic rings. The minimum atomic E-state index is 0.168. The van der Waals surface area contributed by atoms with Crippen molar-refractivity contribution in [3.63, 3.8) is 0 Å². The van der Waals surface area contributed by atoms with Gasteiger partial charge in [0.1, 0.15) is 0 Å². The summed E-state index contributed by atoms with van der Waals surface area (Å²) in [6.07, 6.45) is 3.45. The summed E-state index contributed by atoms with van der Waals surface area (Å²) in [6, 6.07) is 18.3. The minimum absolute atomic E-state index is 0.168. The molecule has 0 aromatic heterocycles. The van der Waals surface area contributed by atoms with Crippen LogP contribution in [0.2, 0.25) is 0 Å². The van der Waals surface area contributed by atoms with Gasteiger partial charge in [-0.2, -0.15) is 0 Å². The first-order chi connectivity index (χ1) is 11.8. The van der Waals surface area contributed by atoms with Crippen LogP contribution in [0.15, 0.2) is 54.6 Å². The fourth-order valence-electron chi connectivity index (χ4n) is 3.39. The van der Waals surface area contributed by atoms with Gasteiger partial charge >= 0.3 is 0 Å². The topological polar surface area (TPSA) is 32.3 Å². The Morgan fingerprint density at radius 1 is 1.00 bits per heavy atom. The van der Waals surface area contributed by atoms with Crippen LogP contribution >= 0.6 is 0 Å². The summed E-state index contributed by atoms with van der Waals surface area (Å²) >= 11 is 0. The van der Waals surface area contributed by atoms with Crippen LogP contribution in [0.1, 0.15) is 29.6 Å². The van der Waals surface area contributed by atoms with Crippen LogP contribution in [0.4, 0.5) is 0 Å². The molecule has 0 radical (unpaired) electrons. The highest BCUT2D eigenvalue weighted by Crippen LogP contribution is 2.23. The second-order valence-electron chi connectivity index (χ2n) is 6.57. The summed E-state index contributed by atoms with van der Waals surface area (Å²) in [4.78, 5) is 14.7. The molecular formula is C21H26N2O. The summed E-state index contributed by atoms with van der Waals surface area (Å²) in [6.45, 7) is 2.83. The van der Waals surface area contributed by atoms with Crippen LogP contribution in [0.25, 0.3) is 11.1 Å². The number of nitrogens with one attached hydrogen (secondary N) is 1. The molecular weight excluding hydrogens is 296 g/mol. The number of nitrogens with zero attached hydrogens (tertiary/aromatic N) is 1. The maximum absolute atomic E-state index is 12.7. The molecule has 1 saturated heterocycles. The number of carbonyl (C=O) groups is 1. The first-order valence-corrected chi connectivity index (χ1v) is 8.87. The lowest BCUT2D eigenvalue weighted by Gasteiger charge is -2.32. The summed E-state index contributed by atoms with van der Waals surface area (Å²) in [5.41, 5.74) is 3.13. The zero-order valence-electron chi connectivity index (χ0n) is 14.4. The van der Waals surface area contributed by atoms with Crippen molar-refractivity contribution >= 4 is 5.91 Å². The van der Waals surface area contributed by atoms with Gasteiger partial charge < -0.3 is 10.2 Å². The Labute approximate surface area is 144 Å². The Morgan fingerprint density at radius 3 is 2.25 bits per heavy atom. The van der Waals surface area contributed by atoms with Gasteiger partial charge in [-0.15, -0.1) is 0 Å². The quantitative estimate of drug-likeness (QED) is 0.908. The van der Waals surface area contributed by atoms with E-state index in [1.807, 2.05) is 54.4 Å². The van der Waals surface area contributed by atoms with Crippen molar-refractivity contribution in [2.75, 3.05) is 26.7 Å². The van der Waals surface area contributed by atoms with Crippen molar-refractivity contribution in [1.82, 2.24) is 10.2 Å². The number of hydrogen-bond donors (Lipinski definition) is 1. The van der Waals surface area contributed by atoms with Gasteiger partial charge in [-0.05, 0) is 62.0 Å². The van der Waals surface area contributed by atoms with Gasteiger partial charge in [-0.3, -0.25) is 4.79 Å². The largest absolute Gasteiger partial charge is 0.339 e. The van der Waals surface area contributed by atoms with Crippen molar-refractivity contribution in [2.24, 2.45) is 5.92 Å². The van der Waals surface area contributed by atoms with E-state index in [9.17, 15) is 4.79 Å². The fourth-order valence-corrected chi connectivity index (χ4v) is 3.39. The summed E-state index contributed by atoms with van der Waals surface area (Å²) in [7, 11) is 2.00. The number of likely N-dealkylation sites (tertiary alicyclic amines) is 1. The van der Waals surface area contributed by atoms with Crippen LogP contribution in [-0.2, 0) is 0 Å². The molecule has 0 bridgehead atoms. The molecule has 0 aliphatic carbocycles. The van der Waals surface area contributed by atoms with Gasteiger partial charge in [-0.25, -0.2) is 0 Å². The molecule has 0 atom stereocenters. The maximum atomic E-state index is 12.7. The molecule has 2 aromatic rings. The van der Waals surface area contributed by atoms with E-state index >= 15 is 0 Å². The third kappa shape index (κ3) is 4.04. The lowest BCUT2D eigenvalue weighted by atomic mass is 9.93. The highest BCUT2D eigenvalue weighted by Gasteiger charge is 2.23. The third-order valence-corrected chi connectivity index (χ3v) is 4.94. The third-order valence-electron chi connectivity index (χ3n) is 4.94. The van der Waals surface area contributed by atoms with Crippen LogP contribution < -0.4 is 5.32 Å². The minimum Gasteiger partial charge on any atom is -0.339 e. The van der Waals surface area contributed by atoms with Gasteiger partial charge in [0.2, 0.25) is 0 Å². The summed E-state index contributed by atoms with van der Waals surface area (Å²) in [5.74, 6) is 0.920. The number of amides is 1. The highest BCUT2D eigenvalue weighted by atomic mass is 16.2. The van der Waals surface area contributed by atoms with Crippen LogP contribution in [-0.4, -0.2) is 37.5 Å². The van der Waals surface area contributed by atoms with Crippen LogP contribution in [0.5, 0.6) is 0 Å². The molecule has 3 heteroatoms. The molecule has 0 unspecified atom stereocenters. The summed E-state index contributed by atoms with van der Waals surface area (Å²) < 4.78 is 0. The van der Waals surface area contributed by atoms with Crippen molar-refractivity contribution in [1.29, 1.82) is 0 Å². The zero-order valence-corrected chi connectivity index (χ0v) is 14.4. The van der Waals surface area contributed by atoms with E-state index in [0.717, 1.165) is 49.5 Å². The SMILES string of the molecule is CNCCC1CCN(C(=O)c2ccc(-c3ccccc3)cc2)CC1.